The van der Waals surface area contributed by atoms with Crippen molar-refractivity contribution >= 4 is 27.3 Å². The van der Waals surface area contributed by atoms with Gasteiger partial charge in [0.15, 0.2) is 0 Å². The van der Waals surface area contributed by atoms with Crippen LogP contribution in [0.4, 0.5) is 0 Å². The number of alkyl halides is 1. The molecule has 1 saturated carbocycles. The maximum atomic E-state index is 3.86. The standard InChI is InChI=1S/C12H17BrS/c1-9-7-10(8-14-9)11-5-3-2-4-6-12(11)13/h7-8,11-12H,2-6H2,1H3. The van der Waals surface area contributed by atoms with E-state index in [4.69, 9.17) is 0 Å². The predicted molar refractivity (Wildman–Crippen MR) is 67.6 cm³/mol. The van der Waals surface area contributed by atoms with E-state index in [0.717, 1.165) is 5.92 Å². The molecular weight excluding hydrogens is 256 g/mol. The lowest BCUT2D eigenvalue weighted by Crippen LogP contribution is -2.09. The van der Waals surface area contributed by atoms with E-state index in [1.54, 1.807) is 5.56 Å². The molecule has 0 aromatic carbocycles. The third kappa shape index (κ3) is 2.40. The fourth-order valence-electron chi connectivity index (χ4n) is 2.30. The third-order valence-corrected chi connectivity index (χ3v) is 5.09. The number of thiophene rings is 1. The van der Waals surface area contributed by atoms with Crippen molar-refractivity contribution in [1.29, 1.82) is 0 Å². The van der Waals surface area contributed by atoms with Crippen molar-refractivity contribution in [1.82, 2.24) is 0 Å². The Labute approximate surface area is 98.9 Å². The summed E-state index contributed by atoms with van der Waals surface area (Å²) in [6.45, 7) is 2.20. The van der Waals surface area contributed by atoms with Gasteiger partial charge < -0.3 is 0 Å². The highest BCUT2D eigenvalue weighted by molar-refractivity contribution is 9.09. The molecule has 0 aliphatic heterocycles. The number of aryl methyl sites for hydroxylation is 1. The van der Waals surface area contributed by atoms with E-state index in [9.17, 15) is 0 Å². The van der Waals surface area contributed by atoms with Crippen LogP contribution in [0.2, 0.25) is 0 Å². The molecule has 78 valence electrons. The summed E-state index contributed by atoms with van der Waals surface area (Å²) >= 11 is 5.74. The van der Waals surface area contributed by atoms with Gasteiger partial charge in [-0.1, -0.05) is 35.2 Å². The summed E-state index contributed by atoms with van der Waals surface area (Å²) in [6, 6.07) is 2.37. The van der Waals surface area contributed by atoms with Gasteiger partial charge in [-0.05, 0) is 42.7 Å². The zero-order valence-corrected chi connectivity index (χ0v) is 11.0. The maximum Gasteiger partial charge on any atom is 0.0214 e. The van der Waals surface area contributed by atoms with Gasteiger partial charge in [0, 0.05) is 9.70 Å². The molecule has 2 heteroatoms. The lowest BCUT2D eigenvalue weighted by molar-refractivity contribution is 0.614. The fraction of sp³-hybridized carbons (Fsp3) is 0.667. The molecule has 14 heavy (non-hydrogen) atoms. The van der Waals surface area contributed by atoms with Crippen LogP contribution in [0.5, 0.6) is 0 Å². The molecule has 2 unspecified atom stereocenters. The minimum absolute atomic E-state index is 0.707. The van der Waals surface area contributed by atoms with Gasteiger partial charge in [0.25, 0.3) is 0 Å². The first-order valence-electron chi connectivity index (χ1n) is 5.46. The van der Waals surface area contributed by atoms with Crippen molar-refractivity contribution in [2.45, 2.75) is 49.8 Å². The van der Waals surface area contributed by atoms with Crippen LogP contribution in [0.25, 0.3) is 0 Å². The van der Waals surface area contributed by atoms with Gasteiger partial charge in [0.05, 0.1) is 0 Å². The molecule has 0 radical (unpaired) electrons. The second-order valence-corrected chi connectivity index (χ2v) is 6.54. The molecule has 0 N–H and O–H groups in total. The SMILES string of the molecule is Cc1cc(C2CCCCCC2Br)cs1. The summed E-state index contributed by atoms with van der Waals surface area (Å²) in [7, 11) is 0. The monoisotopic (exact) mass is 272 g/mol. The van der Waals surface area contributed by atoms with Gasteiger partial charge in [0.2, 0.25) is 0 Å². The molecule has 2 rings (SSSR count). The summed E-state index contributed by atoms with van der Waals surface area (Å²) in [6.07, 6.45) is 6.94. The van der Waals surface area contributed by atoms with E-state index in [1.165, 1.54) is 37.0 Å². The van der Waals surface area contributed by atoms with Crippen molar-refractivity contribution in [3.8, 4) is 0 Å². The summed E-state index contributed by atoms with van der Waals surface area (Å²) in [5.41, 5.74) is 1.57. The van der Waals surface area contributed by atoms with Gasteiger partial charge in [-0.3, -0.25) is 0 Å². The van der Waals surface area contributed by atoms with Crippen LogP contribution >= 0.6 is 27.3 Å². The average Bonchev–Trinajstić information content (AvgIpc) is 2.46. The van der Waals surface area contributed by atoms with Crippen molar-refractivity contribution in [2.75, 3.05) is 0 Å². The first kappa shape index (κ1) is 10.7. The first-order valence-corrected chi connectivity index (χ1v) is 7.26. The first-order chi connectivity index (χ1) is 6.77. The Morgan fingerprint density at radius 1 is 1.29 bits per heavy atom. The highest BCUT2D eigenvalue weighted by atomic mass is 79.9. The van der Waals surface area contributed by atoms with Crippen LogP contribution in [0.15, 0.2) is 11.4 Å². The molecule has 1 aliphatic rings. The quantitative estimate of drug-likeness (QED) is 0.506. The molecule has 0 spiro atoms. The number of halogens is 1. The van der Waals surface area contributed by atoms with Crippen LogP contribution < -0.4 is 0 Å². The van der Waals surface area contributed by atoms with Crippen molar-refractivity contribution in [3.05, 3.63) is 21.9 Å². The minimum Gasteiger partial charge on any atom is -0.149 e. The Morgan fingerprint density at radius 2 is 2.07 bits per heavy atom. The van der Waals surface area contributed by atoms with Crippen LogP contribution in [-0.4, -0.2) is 4.83 Å². The molecule has 1 heterocycles. The molecular formula is C12H17BrS. The fourth-order valence-corrected chi connectivity index (χ4v) is 3.96. The van der Waals surface area contributed by atoms with Crippen LogP contribution in [-0.2, 0) is 0 Å². The number of rotatable bonds is 1. The van der Waals surface area contributed by atoms with Crippen LogP contribution in [0.3, 0.4) is 0 Å². The topological polar surface area (TPSA) is 0 Å². The van der Waals surface area contributed by atoms with Gasteiger partial charge in [-0.2, -0.15) is 0 Å². The maximum absolute atomic E-state index is 3.86. The smallest absolute Gasteiger partial charge is 0.0214 e. The molecule has 1 aromatic heterocycles. The second-order valence-electron chi connectivity index (χ2n) is 4.25. The zero-order valence-electron chi connectivity index (χ0n) is 8.63. The highest BCUT2D eigenvalue weighted by Crippen LogP contribution is 2.37. The lowest BCUT2D eigenvalue weighted by atomic mass is 9.94. The molecule has 2 atom stereocenters. The van der Waals surface area contributed by atoms with E-state index in [1.807, 2.05) is 11.3 Å². The summed E-state index contributed by atoms with van der Waals surface area (Å²) < 4.78 is 0. The highest BCUT2D eigenvalue weighted by Gasteiger charge is 2.23. The summed E-state index contributed by atoms with van der Waals surface area (Å²) in [5.74, 6) is 0.766. The predicted octanol–water partition coefficient (Wildman–Crippen LogP) is 4.87. The molecule has 0 amide bonds. The lowest BCUT2D eigenvalue weighted by Gasteiger charge is -2.18. The largest absolute Gasteiger partial charge is 0.149 e. The van der Waals surface area contributed by atoms with E-state index in [2.05, 4.69) is 34.3 Å². The Hall–Kier alpha value is 0.180. The summed E-state index contributed by atoms with van der Waals surface area (Å²) in [5, 5.41) is 2.35. The Kier molecular flexibility index (Phi) is 3.67. The normalized spacial score (nSPS) is 28.7. The average molecular weight is 273 g/mol. The van der Waals surface area contributed by atoms with Gasteiger partial charge >= 0.3 is 0 Å². The van der Waals surface area contributed by atoms with Crippen molar-refractivity contribution in [3.63, 3.8) is 0 Å². The van der Waals surface area contributed by atoms with E-state index in [-0.39, 0.29) is 0 Å². The van der Waals surface area contributed by atoms with E-state index in [0.29, 0.717) is 4.83 Å². The Balaban J connectivity index is 2.14. The van der Waals surface area contributed by atoms with E-state index >= 15 is 0 Å². The Bertz CT molecular complexity index is 292. The number of hydrogen-bond donors (Lipinski definition) is 0. The van der Waals surface area contributed by atoms with Crippen molar-refractivity contribution < 1.29 is 0 Å². The molecule has 1 aromatic rings. The minimum atomic E-state index is 0.707. The molecule has 0 bridgehead atoms. The van der Waals surface area contributed by atoms with Gasteiger partial charge in [-0.25, -0.2) is 0 Å². The van der Waals surface area contributed by atoms with Crippen LogP contribution in [0.1, 0.15) is 48.5 Å². The molecule has 0 saturated heterocycles. The van der Waals surface area contributed by atoms with Gasteiger partial charge in [0.1, 0.15) is 0 Å². The zero-order chi connectivity index (χ0) is 9.97. The number of hydrogen-bond acceptors (Lipinski definition) is 1. The summed E-state index contributed by atoms with van der Waals surface area (Å²) in [4.78, 5) is 2.16. The molecule has 1 fully saturated rings. The molecule has 0 nitrogen and oxygen atoms in total. The molecule has 1 aliphatic carbocycles. The third-order valence-electron chi connectivity index (χ3n) is 3.11. The second kappa shape index (κ2) is 4.80. The Morgan fingerprint density at radius 3 is 2.79 bits per heavy atom. The van der Waals surface area contributed by atoms with Gasteiger partial charge in [-0.15, -0.1) is 11.3 Å². The van der Waals surface area contributed by atoms with E-state index < -0.39 is 0 Å². The van der Waals surface area contributed by atoms with Crippen molar-refractivity contribution in [2.24, 2.45) is 0 Å². The van der Waals surface area contributed by atoms with Crippen LogP contribution in [0, 0.1) is 6.92 Å².